The highest BCUT2D eigenvalue weighted by Crippen LogP contribution is 2.23. The number of halogens is 1. The SMILES string of the molecule is CN(C(=O)[C@@H]1CCCCN1)C1CCN(c2ccc(F)cc2)CC1. The molecular weight excluding hydrogens is 293 g/mol. The van der Waals surface area contributed by atoms with Gasteiger partial charge in [-0.2, -0.15) is 0 Å². The van der Waals surface area contributed by atoms with E-state index in [0.717, 1.165) is 51.0 Å². The van der Waals surface area contributed by atoms with Crippen molar-refractivity contribution in [1.82, 2.24) is 10.2 Å². The maximum Gasteiger partial charge on any atom is 0.239 e. The number of anilines is 1. The van der Waals surface area contributed by atoms with E-state index in [0.29, 0.717) is 6.04 Å². The molecule has 0 bridgehead atoms. The van der Waals surface area contributed by atoms with Crippen molar-refractivity contribution in [2.75, 3.05) is 31.6 Å². The summed E-state index contributed by atoms with van der Waals surface area (Å²) < 4.78 is 13.0. The summed E-state index contributed by atoms with van der Waals surface area (Å²) >= 11 is 0. The standard InChI is InChI=1S/C18H26FN3O/c1-21(18(23)17-4-2-3-11-20-17)15-9-12-22(13-10-15)16-7-5-14(19)6-8-16/h5-8,15,17,20H,2-4,9-13H2,1H3/t17-/m0/s1. The van der Waals surface area contributed by atoms with Gasteiger partial charge in [0.05, 0.1) is 6.04 Å². The maximum atomic E-state index is 13.0. The largest absolute Gasteiger partial charge is 0.371 e. The van der Waals surface area contributed by atoms with E-state index in [1.54, 1.807) is 0 Å². The molecule has 0 aliphatic carbocycles. The van der Waals surface area contributed by atoms with Crippen molar-refractivity contribution in [3.8, 4) is 0 Å². The van der Waals surface area contributed by atoms with Crippen LogP contribution in [0.3, 0.4) is 0 Å². The molecule has 0 saturated carbocycles. The Kier molecular flexibility index (Phi) is 5.16. The first kappa shape index (κ1) is 16.2. The summed E-state index contributed by atoms with van der Waals surface area (Å²) in [6, 6.07) is 6.98. The Balaban J connectivity index is 1.53. The van der Waals surface area contributed by atoms with Crippen LogP contribution in [-0.2, 0) is 4.79 Å². The van der Waals surface area contributed by atoms with Crippen LogP contribution < -0.4 is 10.2 Å². The van der Waals surface area contributed by atoms with Crippen molar-refractivity contribution in [3.05, 3.63) is 30.1 Å². The van der Waals surface area contributed by atoms with Crippen molar-refractivity contribution in [1.29, 1.82) is 0 Å². The van der Waals surface area contributed by atoms with E-state index in [4.69, 9.17) is 0 Å². The lowest BCUT2D eigenvalue weighted by atomic mass is 9.99. The van der Waals surface area contributed by atoms with Crippen molar-refractivity contribution in [3.63, 3.8) is 0 Å². The second kappa shape index (κ2) is 7.30. The van der Waals surface area contributed by atoms with Crippen molar-refractivity contribution in [2.45, 2.75) is 44.2 Å². The zero-order valence-electron chi connectivity index (χ0n) is 13.8. The number of benzene rings is 1. The Labute approximate surface area is 137 Å². The minimum Gasteiger partial charge on any atom is -0.371 e. The van der Waals surface area contributed by atoms with Gasteiger partial charge in [0.25, 0.3) is 0 Å². The molecule has 5 heteroatoms. The summed E-state index contributed by atoms with van der Waals surface area (Å²) in [6.45, 7) is 2.77. The minimum atomic E-state index is -0.200. The molecule has 23 heavy (non-hydrogen) atoms. The van der Waals surface area contributed by atoms with E-state index in [1.807, 2.05) is 24.1 Å². The zero-order chi connectivity index (χ0) is 16.2. The number of carbonyl (C=O) groups is 1. The highest BCUT2D eigenvalue weighted by molar-refractivity contribution is 5.82. The van der Waals surface area contributed by atoms with Crippen LogP contribution in [0.15, 0.2) is 24.3 Å². The summed E-state index contributed by atoms with van der Waals surface area (Å²) in [5, 5.41) is 3.34. The molecule has 1 N–H and O–H groups in total. The molecule has 0 unspecified atom stereocenters. The lowest BCUT2D eigenvalue weighted by Crippen LogP contribution is -2.52. The Bertz CT molecular complexity index is 520. The molecule has 2 aliphatic rings. The summed E-state index contributed by atoms with van der Waals surface area (Å²) in [5.41, 5.74) is 1.06. The molecule has 2 heterocycles. The average Bonchev–Trinajstić information content (AvgIpc) is 2.62. The number of nitrogens with zero attached hydrogens (tertiary/aromatic N) is 2. The number of likely N-dealkylation sites (N-methyl/N-ethyl adjacent to an activating group) is 1. The summed E-state index contributed by atoms with van der Waals surface area (Å²) in [5.74, 6) is 0.0406. The monoisotopic (exact) mass is 319 g/mol. The number of hydrogen-bond acceptors (Lipinski definition) is 3. The van der Waals surface area contributed by atoms with E-state index in [1.165, 1.54) is 18.6 Å². The first-order chi connectivity index (χ1) is 11.1. The van der Waals surface area contributed by atoms with Gasteiger partial charge in [0.15, 0.2) is 0 Å². The Morgan fingerprint density at radius 2 is 1.87 bits per heavy atom. The summed E-state index contributed by atoms with van der Waals surface area (Å²) in [7, 11) is 1.94. The normalized spacial score (nSPS) is 22.9. The molecule has 0 radical (unpaired) electrons. The fraction of sp³-hybridized carbons (Fsp3) is 0.611. The van der Waals surface area contributed by atoms with Gasteiger partial charge < -0.3 is 15.1 Å². The van der Waals surface area contributed by atoms with Gasteiger partial charge in [-0.1, -0.05) is 6.42 Å². The van der Waals surface area contributed by atoms with Gasteiger partial charge in [-0.05, 0) is 56.5 Å². The van der Waals surface area contributed by atoms with Crippen molar-refractivity contribution < 1.29 is 9.18 Å². The molecule has 2 aliphatic heterocycles. The Morgan fingerprint density at radius 3 is 2.48 bits per heavy atom. The van der Waals surface area contributed by atoms with E-state index < -0.39 is 0 Å². The molecule has 2 saturated heterocycles. The number of amides is 1. The highest BCUT2D eigenvalue weighted by Gasteiger charge is 2.30. The first-order valence-electron chi connectivity index (χ1n) is 8.66. The molecule has 4 nitrogen and oxygen atoms in total. The van der Waals surface area contributed by atoms with E-state index in [-0.39, 0.29) is 17.8 Å². The Hall–Kier alpha value is -1.62. The van der Waals surface area contributed by atoms with E-state index in [9.17, 15) is 9.18 Å². The predicted octanol–water partition coefficient (Wildman–Crippen LogP) is 2.39. The topological polar surface area (TPSA) is 35.6 Å². The molecular formula is C18H26FN3O. The number of carbonyl (C=O) groups excluding carboxylic acids is 1. The van der Waals surface area contributed by atoms with Crippen LogP contribution in [0.25, 0.3) is 0 Å². The van der Waals surface area contributed by atoms with Crippen LogP contribution in [-0.4, -0.2) is 49.6 Å². The smallest absolute Gasteiger partial charge is 0.239 e. The third-order valence-corrected chi connectivity index (χ3v) is 5.16. The second-order valence-electron chi connectivity index (χ2n) is 6.65. The van der Waals surface area contributed by atoms with Crippen LogP contribution in [0.2, 0.25) is 0 Å². The van der Waals surface area contributed by atoms with Crippen LogP contribution >= 0.6 is 0 Å². The lowest BCUT2D eigenvalue weighted by molar-refractivity contribution is -0.135. The molecule has 1 aromatic rings. The molecule has 2 fully saturated rings. The number of piperidine rings is 2. The van der Waals surface area contributed by atoms with Gasteiger partial charge in [0.2, 0.25) is 5.91 Å². The fourth-order valence-electron chi connectivity index (χ4n) is 3.65. The molecule has 0 spiro atoms. The molecule has 1 atom stereocenters. The van der Waals surface area contributed by atoms with Crippen LogP contribution in [0.5, 0.6) is 0 Å². The quantitative estimate of drug-likeness (QED) is 0.929. The fourth-order valence-corrected chi connectivity index (χ4v) is 3.65. The van der Waals surface area contributed by atoms with Crippen molar-refractivity contribution in [2.24, 2.45) is 0 Å². The van der Waals surface area contributed by atoms with Gasteiger partial charge in [-0.15, -0.1) is 0 Å². The van der Waals surface area contributed by atoms with Gasteiger partial charge >= 0.3 is 0 Å². The average molecular weight is 319 g/mol. The maximum absolute atomic E-state index is 13.0. The number of rotatable bonds is 3. The number of hydrogen-bond donors (Lipinski definition) is 1. The van der Waals surface area contributed by atoms with Crippen LogP contribution in [0.1, 0.15) is 32.1 Å². The molecule has 3 rings (SSSR count). The predicted molar refractivity (Wildman–Crippen MR) is 90.0 cm³/mol. The number of nitrogens with one attached hydrogen (secondary N) is 1. The van der Waals surface area contributed by atoms with Crippen LogP contribution in [0.4, 0.5) is 10.1 Å². The van der Waals surface area contributed by atoms with Crippen LogP contribution in [0, 0.1) is 5.82 Å². The molecule has 1 aromatic carbocycles. The summed E-state index contributed by atoms with van der Waals surface area (Å²) in [4.78, 5) is 16.8. The van der Waals surface area contributed by atoms with E-state index in [2.05, 4.69) is 10.2 Å². The van der Waals surface area contributed by atoms with Gasteiger partial charge in [-0.25, -0.2) is 4.39 Å². The third kappa shape index (κ3) is 3.83. The lowest BCUT2D eigenvalue weighted by Gasteiger charge is -2.39. The highest BCUT2D eigenvalue weighted by atomic mass is 19.1. The Morgan fingerprint density at radius 1 is 1.17 bits per heavy atom. The second-order valence-corrected chi connectivity index (χ2v) is 6.65. The van der Waals surface area contributed by atoms with Gasteiger partial charge in [0.1, 0.15) is 5.82 Å². The zero-order valence-corrected chi connectivity index (χ0v) is 13.8. The third-order valence-electron chi connectivity index (χ3n) is 5.16. The molecule has 0 aromatic heterocycles. The summed E-state index contributed by atoms with van der Waals surface area (Å²) in [6.07, 6.45) is 5.19. The van der Waals surface area contributed by atoms with Gasteiger partial charge in [0, 0.05) is 31.9 Å². The first-order valence-corrected chi connectivity index (χ1v) is 8.66. The molecule has 1 amide bonds. The molecule has 126 valence electrons. The van der Waals surface area contributed by atoms with Crippen molar-refractivity contribution >= 4 is 11.6 Å². The minimum absolute atomic E-state index is 0.00359. The van der Waals surface area contributed by atoms with E-state index >= 15 is 0 Å². The van der Waals surface area contributed by atoms with Gasteiger partial charge in [-0.3, -0.25) is 4.79 Å².